The molecule has 3 rings (SSSR count). The molecule has 0 aliphatic rings. The molecule has 0 aliphatic carbocycles. The van der Waals surface area contributed by atoms with Gasteiger partial charge in [0.25, 0.3) is 0 Å². The van der Waals surface area contributed by atoms with Gasteiger partial charge in [0.05, 0.1) is 0 Å². The van der Waals surface area contributed by atoms with Gasteiger partial charge in [0.1, 0.15) is 0 Å². The van der Waals surface area contributed by atoms with Gasteiger partial charge in [-0.15, -0.1) is 0 Å². The van der Waals surface area contributed by atoms with E-state index in [1.807, 2.05) is 21.8 Å². The second kappa shape index (κ2) is 4.27. The SMILES string of the molecule is Cc1ccc(C)c(-n2[se]c3ccccc3c2=O)c1. The van der Waals surface area contributed by atoms with Crippen LogP contribution < -0.4 is 5.56 Å². The molecule has 90 valence electrons. The van der Waals surface area contributed by atoms with Crippen LogP contribution in [0.3, 0.4) is 0 Å². The summed E-state index contributed by atoms with van der Waals surface area (Å²) in [7, 11) is 0. The normalized spacial score (nSPS) is 11.0. The summed E-state index contributed by atoms with van der Waals surface area (Å²) in [5.74, 6) is 0. The fourth-order valence-electron chi connectivity index (χ4n) is 2.07. The van der Waals surface area contributed by atoms with Crippen LogP contribution in [-0.4, -0.2) is 18.3 Å². The first-order chi connectivity index (χ1) is 8.66. The van der Waals surface area contributed by atoms with Gasteiger partial charge >= 0.3 is 111 Å². The van der Waals surface area contributed by atoms with Crippen molar-refractivity contribution < 1.29 is 0 Å². The average molecular weight is 302 g/mol. The van der Waals surface area contributed by atoms with E-state index in [4.69, 9.17) is 0 Å². The maximum absolute atomic E-state index is 12.4. The predicted octanol–water partition coefficient (Wildman–Crippen LogP) is 2.66. The molecular formula is C15H13NOSe. The minimum absolute atomic E-state index is 0.0617. The van der Waals surface area contributed by atoms with Crippen LogP contribution in [0, 0.1) is 13.8 Å². The Hall–Kier alpha value is -1.57. The maximum atomic E-state index is 12.4. The van der Waals surface area contributed by atoms with Crippen LogP contribution in [0.4, 0.5) is 0 Å². The third-order valence-electron chi connectivity index (χ3n) is 3.07. The van der Waals surface area contributed by atoms with E-state index in [0.29, 0.717) is 0 Å². The molecule has 2 aromatic carbocycles. The molecule has 0 bridgehead atoms. The summed E-state index contributed by atoms with van der Waals surface area (Å²) in [6, 6.07) is 14.2. The molecule has 0 N–H and O–H groups in total. The van der Waals surface area contributed by atoms with Crippen molar-refractivity contribution in [2.24, 2.45) is 0 Å². The van der Waals surface area contributed by atoms with Gasteiger partial charge in [0.15, 0.2) is 0 Å². The van der Waals surface area contributed by atoms with Gasteiger partial charge in [0.2, 0.25) is 0 Å². The molecule has 18 heavy (non-hydrogen) atoms. The fraction of sp³-hybridized carbons (Fsp3) is 0.133. The van der Waals surface area contributed by atoms with Crippen molar-refractivity contribution in [2.45, 2.75) is 13.8 Å². The first kappa shape index (κ1) is 11.5. The van der Waals surface area contributed by atoms with E-state index in [9.17, 15) is 4.79 Å². The molecule has 0 saturated carbocycles. The summed E-state index contributed by atoms with van der Waals surface area (Å²) >= 11 is 0.0617. The Morgan fingerprint density at radius 1 is 1.06 bits per heavy atom. The van der Waals surface area contributed by atoms with Gasteiger partial charge < -0.3 is 0 Å². The van der Waals surface area contributed by atoms with Crippen LogP contribution in [0.15, 0.2) is 47.3 Å². The van der Waals surface area contributed by atoms with Crippen molar-refractivity contribution in [1.82, 2.24) is 3.56 Å². The summed E-state index contributed by atoms with van der Waals surface area (Å²) in [6.45, 7) is 4.12. The number of rotatable bonds is 1. The van der Waals surface area contributed by atoms with E-state index in [1.54, 1.807) is 0 Å². The number of hydrogen-bond donors (Lipinski definition) is 0. The summed E-state index contributed by atoms with van der Waals surface area (Å²) in [4.78, 5) is 12.4. The third kappa shape index (κ3) is 1.76. The molecule has 1 aromatic heterocycles. The quantitative estimate of drug-likeness (QED) is 0.634. The van der Waals surface area contributed by atoms with Crippen molar-refractivity contribution in [1.29, 1.82) is 0 Å². The summed E-state index contributed by atoms with van der Waals surface area (Å²) in [5.41, 5.74) is 3.54. The van der Waals surface area contributed by atoms with Crippen LogP contribution in [0.2, 0.25) is 0 Å². The van der Waals surface area contributed by atoms with Gasteiger partial charge in [-0.25, -0.2) is 0 Å². The van der Waals surface area contributed by atoms with E-state index in [2.05, 4.69) is 38.1 Å². The Balaban J connectivity index is 2.35. The van der Waals surface area contributed by atoms with E-state index in [-0.39, 0.29) is 20.3 Å². The molecule has 1 heterocycles. The molecular weight excluding hydrogens is 289 g/mol. The molecule has 0 amide bonds. The molecule has 0 radical (unpaired) electrons. The monoisotopic (exact) mass is 303 g/mol. The summed E-state index contributed by atoms with van der Waals surface area (Å²) < 4.78 is 3.11. The number of hydrogen-bond acceptors (Lipinski definition) is 1. The van der Waals surface area contributed by atoms with Crippen LogP contribution in [0.1, 0.15) is 11.1 Å². The van der Waals surface area contributed by atoms with Gasteiger partial charge in [-0.3, -0.25) is 0 Å². The Kier molecular flexibility index (Phi) is 2.73. The standard InChI is InChI=1S/C15H13NOSe/c1-10-7-8-11(2)13(9-10)16-15(17)12-5-3-4-6-14(12)18-16/h3-9H,1-2H3. The summed E-state index contributed by atoms with van der Waals surface area (Å²) in [5, 5.41) is 0.860. The molecule has 0 unspecified atom stereocenters. The second-order valence-corrected chi connectivity index (χ2v) is 6.55. The number of benzene rings is 2. The molecule has 0 spiro atoms. The van der Waals surface area contributed by atoms with E-state index in [1.165, 1.54) is 9.82 Å². The van der Waals surface area contributed by atoms with E-state index in [0.717, 1.165) is 16.6 Å². The zero-order valence-corrected chi connectivity index (χ0v) is 12.0. The van der Waals surface area contributed by atoms with Crippen molar-refractivity contribution in [2.75, 3.05) is 0 Å². The molecule has 0 fully saturated rings. The van der Waals surface area contributed by atoms with Crippen LogP contribution in [0.5, 0.6) is 0 Å². The number of nitrogens with zero attached hydrogens (tertiary/aromatic N) is 1. The zero-order valence-electron chi connectivity index (χ0n) is 10.3. The van der Waals surface area contributed by atoms with Gasteiger partial charge in [0, 0.05) is 0 Å². The zero-order chi connectivity index (χ0) is 12.7. The molecule has 3 heteroatoms. The fourth-order valence-corrected chi connectivity index (χ4v) is 4.31. The van der Waals surface area contributed by atoms with Crippen LogP contribution in [0.25, 0.3) is 15.3 Å². The first-order valence-electron chi connectivity index (χ1n) is 5.85. The van der Waals surface area contributed by atoms with Crippen molar-refractivity contribution in [3.8, 4) is 5.69 Å². The molecule has 3 aromatic rings. The Labute approximate surface area is 111 Å². The van der Waals surface area contributed by atoms with Crippen LogP contribution >= 0.6 is 0 Å². The van der Waals surface area contributed by atoms with E-state index >= 15 is 0 Å². The number of aryl methyl sites for hydroxylation is 2. The van der Waals surface area contributed by atoms with E-state index < -0.39 is 0 Å². The molecule has 0 aliphatic heterocycles. The Morgan fingerprint density at radius 2 is 1.83 bits per heavy atom. The minimum atomic E-state index is 0.0617. The van der Waals surface area contributed by atoms with Gasteiger partial charge in [-0.05, 0) is 0 Å². The van der Waals surface area contributed by atoms with Crippen LogP contribution in [-0.2, 0) is 0 Å². The molecule has 2 nitrogen and oxygen atoms in total. The third-order valence-corrected chi connectivity index (χ3v) is 5.38. The molecule has 0 atom stereocenters. The topological polar surface area (TPSA) is 22.0 Å². The molecule has 0 saturated heterocycles. The predicted molar refractivity (Wildman–Crippen MR) is 76.0 cm³/mol. The van der Waals surface area contributed by atoms with Crippen molar-refractivity contribution in [3.63, 3.8) is 0 Å². The first-order valence-corrected chi connectivity index (χ1v) is 7.48. The second-order valence-electron chi connectivity index (χ2n) is 4.48. The van der Waals surface area contributed by atoms with Crippen molar-refractivity contribution in [3.05, 3.63) is 63.9 Å². The Morgan fingerprint density at radius 3 is 2.61 bits per heavy atom. The van der Waals surface area contributed by atoms with Gasteiger partial charge in [-0.2, -0.15) is 0 Å². The number of fused-ring (bicyclic) bond motifs is 1. The van der Waals surface area contributed by atoms with Crippen molar-refractivity contribution >= 4 is 24.4 Å². The van der Waals surface area contributed by atoms with Gasteiger partial charge in [-0.1, -0.05) is 0 Å². The number of aromatic nitrogens is 1. The Bertz CT molecular complexity index is 783. The average Bonchev–Trinajstić information content (AvgIpc) is 2.71. The summed E-state index contributed by atoms with van der Waals surface area (Å²) in [6.07, 6.45) is 0.